The van der Waals surface area contributed by atoms with E-state index in [0.29, 0.717) is 6.54 Å². The summed E-state index contributed by atoms with van der Waals surface area (Å²) in [6.07, 6.45) is 6.48. The van der Waals surface area contributed by atoms with Gasteiger partial charge in [-0.1, -0.05) is 42.5 Å². The summed E-state index contributed by atoms with van der Waals surface area (Å²) in [5.41, 5.74) is 4.45. The topological polar surface area (TPSA) is 82.9 Å². The minimum Gasteiger partial charge on any atom is -0.356 e. The molecule has 0 spiro atoms. The van der Waals surface area contributed by atoms with Gasteiger partial charge in [-0.25, -0.2) is 9.67 Å². The van der Waals surface area contributed by atoms with Crippen molar-refractivity contribution in [3.8, 4) is 16.9 Å². The largest absolute Gasteiger partial charge is 0.356 e. The SMILES string of the molecule is CN=C(NCCc1ccc(-n2cccn2)cc1)NCc1ncc(-c2ccccc2)[nH]1.I. The highest BCUT2D eigenvalue weighted by Gasteiger charge is 2.04. The van der Waals surface area contributed by atoms with E-state index in [1.54, 1.807) is 13.2 Å². The smallest absolute Gasteiger partial charge is 0.191 e. The van der Waals surface area contributed by atoms with Crippen LogP contribution in [0.2, 0.25) is 0 Å². The standard InChI is InChI=1S/C23H25N7.HI/c1-24-23(27-17-22-26-16-21(29-22)19-6-3-2-4-7-19)25-14-12-18-8-10-20(11-9-18)30-15-5-13-28-30;/h2-11,13,15-16H,12,14,17H2,1H3,(H,26,29)(H2,24,25,27);1H. The molecular formula is C23H26IN7. The van der Waals surface area contributed by atoms with Crippen LogP contribution in [-0.2, 0) is 13.0 Å². The monoisotopic (exact) mass is 527 g/mol. The van der Waals surface area contributed by atoms with E-state index in [2.05, 4.69) is 67.1 Å². The summed E-state index contributed by atoms with van der Waals surface area (Å²) in [6.45, 7) is 1.36. The number of aromatic nitrogens is 4. The number of halogens is 1. The summed E-state index contributed by atoms with van der Waals surface area (Å²) in [5, 5.41) is 10.9. The molecule has 4 rings (SSSR count). The lowest BCUT2D eigenvalue weighted by Gasteiger charge is -2.11. The maximum absolute atomic E-state index is 4.45. The first-order valence-electron chi connectivity index (χ1n) is 9.94. The van der Waals surface area contributed by atoms with E-state index in [-0.39, 0.29) is 24.0 Å². The molecule has 3 N–H and O–H groups in total. The molecule has 0 saturated carbocycles. The molecule has 0 aliphatic rings. The van der Waals surface area contributed by atoms with Crippen LogP contribution >= 0.6 is 24.0 Å². The number of benzene rings is 2. The van der Waals surface area contributed by atoms with Crippen LogP contribution in [0.3, 0.4) is 0 Å². The van der Waals surface area contributed by atoms with E-state index >= 15 is 0 Å². The van der Waals surface area contributed by atoms with Gasteiger partial charge >= 0.3 is 0 Å². The highest BCUT2D eigenvalue weighted by molar-refractivity contribution is 14.0. The molecule has 7 nitrogen and oxygen atoms in total. The number of nitrogens with one attached hydrogen (secondary N) is 3. The van der Waals surface area contributed by atoms with Crippen molar-refractivity contribution in [2.24, 2.45) is 4.99 Å². The van der Waals surface area contributed by atoms with Crippen molar-refractivity contribution in [2.45, 2.75) is 13.0 Å². The molecule has 0 radical (unpaired) electrons. The Balaban J connectivity index is 0.00000272. The van der Waals surface area contributed by atoms with Crippen LogP contribution in [0.1, 0.15) is 11.4 Å². The fourth-order valence-electron chi connectivity index (χ4n) is 3.17. The number of H-pyrrole nitrogens is 1. The van der Waals surface area contributed by atoms with Gasteiger partial charge in [-0.3, -0.25) is 4.99 Å². The van der Waals surface area contributed by atoms with Gasteiger partial charge in [0.05, 0.1) is 24.1 Å². The van der Waals surface area contributed by atoms with E-state index in [4.69, 9.17) is 0 Å². The van der Waals surface area contributed by atoms with Crippen LogP contribution in [0, 0.1) is 0 Å². The zero-order chi connectivity index (χ0) is 20.6. The fraction of sp³-hybridized carbons (Fsp3) is 0.174. The van der Waals surface area contributed by atoms with Gasteiger partial charge < -0.3 is 15.6 Å². The first-order chi connectivity index (χ1) is 14.8. The predicted molar refractivity (Wildman–Crippen MR) is 135 cm³/mol. The molecule has 160 valence electrons. The van der Waals surface area contributed by atoms with Crippen LogP contribution in [0.15, 0.2) is 84.2 Å². The van der Waals surface area contributed by atoms with Gasteiger partial charge in [-0.05, 0) is 35.7 Å². The van der Waals surface area contributed by atoms with Gasteiger partial charge in [0.15, 0.2) is 5.96 Å². The number of imidazole rings is 1. The lowest BCUT2D eigenvalue weighted by molar-refractivity contribution is 0.773. The van der Waals surface area contributed by atoms with E-state index in [9.17, 15) is 0 Å². The number of rotatable bonds is 7. The number of hydrogen-bond donors (Lipinski definition) is 3. The summed E-state index contributed by atoms with van der Waals surface area (Å²) in [4.78, 5) is 12.1. The third-order valence-corrected chi connectivity index (χ3v) is 4.77. The molecule has 0 aliphatic heterocycles. The second-order valence-electron chi connectivity index (χ2n) is 6.83. The minimum atomic E-state index is 0. The van der Waals surface area contributed by atoms with E-state index in [1.807, 2.05) is 41.3 Å². The zero-order valence-electron chi connectivity index (χ0n) is 17.3. The third kappa shape index (κ3) is 6.17. The van der Waals surface area contributed by atoms with Gasteiger partial charge in [-0.15, -0.1) is 24.0 Å². The Labute approximate surface area is 199 Å². The van der Waals surface area contributed by atoms with Crippen LogP contribution in [-0.4, -0.2) is 39.3 Å². The molecule has 8 heteroatoms. The highest BCUT2D eigenvalue weighted by Crippen LogP contribution is 2.15. The van der Waals surface area contributed by atoms with Crippen molar-refractivity contribution in [3.05, 3.63) is 90.6 Å². The van der Waals surface area contributed by atoms with Crippen molar-refractivity contribution in [1.82, 2.24) is 30.4 Å². The summed E-state index contributed by atoms with van der Waals surface area (Å²) in [7, 11) is 1.77. The van der Waals surface area contributed by atoms with E-state index in [1.165, 1.54) is 5.56 Å². The van der Waals surface area contributed by atoms with E-state index in [0.717, 1.165) is 41.7 Å². The first kappa shape index (κ1) is 22.5. The quantitative estimate of drug-likeness (QED) is 0.194. The molecule has 0 saturated heterocycles. The predicted octanol–water partition coefficient (Wildman–Crippen LogP) is 3.79. The van der Waals surface area contributed by atoms with Gasteiger partial charge in [-0.2, -0.15) is 5.10 Å². The number of nitrogens with zero attached hydrogens (tertiary/aromatic N) is 4. The summed E-state index contributed by atoms with van der Waals surface area (Å²) >= 11 is 0. The van der Waals surface area contributed by atoms with Gasteiger partial charge in [0.25, 0.3) is 0 Å². The lowest BCUT2D eigenvalue weighted by Crippen LogP contribution is -2.38. The number of aromatic amines is 1. The maximum Gasteiger partial charge on any atom is 0.191 e. The number of guanidine groups is 1. The Hall–Kier alpha value is -3.14. The molecule has 2 heterocycles. The van der Waals surface area contributed by atoms with Gasteiger partial charge in [0.2, 0.25) is 0 Å². The summed E-state index contributed by atoms with van der Waals surface area (Å²) in [5.74, 6) is 1.62. The molecule has 2 aromatic carbocycles. The van der Waals surface area contributed by atoms with Crippen LogP contribution in [0.5, 0.6) is 0 Å². The van der Waals surface area contributed by atoms with Gasteiger partial charge in [0, 0.05) is 26.0 Å². The van der Waals surface area contributed by atoms with Crippen LogP contribution in [0.4, 0.5) is 0 Å². The molecule has 0 unspecified atom stereocenters. The zero-order valence-corrected chi connectivity index (χ0v) is 19.7. The Morgan fingerprint density at radius 1 is 1.03 bits per heavy atom. The average Bonchev–Trinajstić information content (AvgIpc) is 3.50. The third-order valence-electron chi connectivity index (χ3n) is 4.77. The average molecular weight is 527 g/mol. The van der Waals surface area contributed by atoms with Crippen molar-refractivity contribution in [2.75, 3.05) is 13.6 Å². The minimum absolute atomic E-state index is 0. The van der Waals surface area contributed by atoms with E-state index < -0.39 is 0 Å². The summed E-state index contributed by atoms with van der Waals surface area (Å²) < 4.78 is 1.85. The number of aliphatic imine (C=N–C) groups is 1. The van der Waals surface area contributed by atoms with Crippen molar-refractivity contribution >= 4 is 29.9 Å². The summed E-state index contributed by atoms with van der Waals surface area (Å²) in [6, 6.07) is 20.5. The molecule has 0 bridgehead atoms. The normalized spacial score (nSPS) is 11.1. The van der Waals surface area contributed by atoms with Crippen LogP contribution in [0.25, 0.3) is 16.9 Å². The highest BCUT2D eigenvalue weighted by atomic mass is 127. The van der Waals surface area contributed by atoms with Crippen LogP contribution < -0.4 is 10.6 Å². The molecular weight excluding hydrogens is 501 g/mol. The Kier molecular flexibility index (Phi) is 8.22. The Morgan fingerprint density at radius 2 is 1.84 bits per heavy atom. The molecule has 0 fully saturated rings. The van der Waals surface area contributed by atoms with Crippen molar-refractivity contribution in [3.63, 3.8) is 0 Å². The molecule has 0 amide bonds. The van der Waals surface area contributed by atoms with Crippen molar-refractivity contribution in [1.29, 1.82) is 0 Å². The lowest BCUT2D eigenvalue weighted by atomic mass is 10.1. The maximum atomic E-state index is 4.45. The Bertz CT molecular complexity index is 1070. The van der Waals surface area contributed by atoms with Crippen molar-refractivity contribution < 1.29 is 0 Å². The molecule has 31 heavy (non-hydrogen) atoms. The fourth-order valence-corrected chi connectivity index (χ4v) is 3.17. The second kappa shape index (κ2) is 11.3. The Morgan fingerprint density at radius 3 is 2.55 bits per heavy atom. The first-order valence-corrected chi connectivity index (χ1v) is 9.94. The molecule has 2 aromatic heterocycles. The van der Waals surface area contributed by atoms with Gasteiger partial charge in [0.1, 0.15) is 5.82 Å². The number of hydrogen-bond acceptors (Lipinski definition) is 3. The molecule has 4 aromatic rings. The molecule has 0 atom stereocenters. The molecule has 0 aliphatic carbocycles. The second-order valence-corrected chi connectivity index (χ2v) is 6.83.